The predicted octanol–water partition coefficient (Wildman–Crippen LogP) is 9.38. The van der Waals surface area contributed by atoms with Crippen LogP contribution in [-0.4, -0.2) is 0 Å². The summed E-state index contributed by atoms with van der Waals surface area (Å²) in [6.45, 7) is 9.45. The maximum absolute atomic E-state index is 2.54. The smallest absolute Gasteiger partial charge is 0.00965 e. The van der Waals surface area contributed by atoms with E-state index < -0.39 is 0 Å². The fourth-order valence-corrected chi connectivity index (χ4v) is 8.48. The Bertz CT molecular complexity index is 2430. The molecule has 0 aliphatic heterocycles. The van der Waals surface area contributed by atoms with Gasteiger partial charge in [0.15, 0.2) is 0 Å². The molecule has 0 nitrogen and oxygen atoms in total. The van der Waals surface area contributed by atoms with Crippen LogP contribution in [0.4, 0.5) is 0 Å². The summed E-state index contributed by atoms with van der Waals surface area (Å²) in [5.74, 6) is 0.544. The van der Waals surface area contributed by atoms with Gasteiger partial charge in [-0.2, -0.15) is 0 Å². The van der Waals surface area contributed by atoms with Gasteiger partial charge < -0.3 is 0 Å². The zero-order chi connectivity index (χ0) is 32.8. The molecule has 0 saturated carbocycles. The van der Waals surface area contributed by atoms with E-state index in [1.165, 1.54) is 87.6 Å². The molecular weight excluding hydrogens is 577 g/mol. The number of rotatable bonds is 5. The summed E-state index contributed by atoms with van der Waals surface area (Å²) in [6, 6.07) is 46.9. The zero-order valence-corrected chi connectivity index (χ0v) is 28.4. The van der Waals surface area contributed by atoms with Gasteiger partial charge in [0.25, 0.3) is 0 Å². The van der Waals surface area contributed by atoms with Crippen LogP contribution in [0.25, 0.3) is 57.2 Å². The highest BCUT2D eigenvalue weighted by molar-refractivity contribution is 5.85. The molecule has 0 heterocycles. The highest BCUT2D eigenvalue weighted by Crippen LogP contribution is 2.41. The quantitative estimate of drug-likeness (QED) is 0.181. The van der Waals surface area contributed by atoms with Crippen LogP contribution in [-0.2, 0) is 0 Å². The van der Waals surface area contributed by atoms with Crippen LogP contribution in [0.1, 0.15) is 53.5 Å². The molecule has 0 saturated heterocycles. The van der Waals surface area contributed by atoms with Crippen molar-refractivity contribution in [3.63, 3.8) is 0 Å². The van der Waals surface area contributed by atoms with Crippen molar-refractivity contribution in [2.75, 3.05) is 0 Å². The second-order valence-corrected chi connectivity index (χ2v) is 13.6. The third-order valence-electron chi connectivity index (χ3n) is 10.9. The Kier molecular flexibility index (Phi) is 7.81. The molecule has 234 valence electrons. The molecule has 2 atom stereocenters. The molecule has 8 rings (SSSR count). The van der Waals surface area contributed by atoms with E-state index in [4.69, 9.17) is 0 Å². The lowest BCUT2D eigenvalue weighted by Gasteiger charge is -2.32. The minimum atomic E-state index is 0.257. The Morgan fingerprint density at radius 1 is 0.500 bits per heavy atom. The molecular formula is C48H42. The van der Waals surface area contributed by atoms with Gasteiger partial charge in [-0.1, -0.05) is 146 Å². The molecule has 0 amide bonds. The average molecular weight is 619 g/mol. The van der Waals surface area contributed by atoms with E-state index in [0.29, 0.717) is 0 Å². The van der Waals surface area contributed by atoms with Crippen LogP contribution in [0.5, 0.6) is 0 Å². The maximum Gasteiger partial charge on any atom is 0.00965 e. The van der Waals surface area contributed by atoms with Crippen molar-refractivity contribution >= 4 is 23.8 Å². The van der Waals surface area contributed by atoms with E-state index in [-0.39, 0.29) is 11.8 Å². The van der Waals surface area contributed by atoms with Gasteiger partial charge in [0, 0.05) is 5.92 Å². The lowest BCUT2D eigenvalue weighted by molar-refractivity contribution is 0.670. The van der Waals surface area contributed by atoms with E-state index in [2.05, 4.69) is 173 Å². The molecule has 0 N–H and O–H groups in total. The third-order valence-corrected chi connectivity index (χ3v) is 10.9. The summed E-state index contributed by atoms with van der Waals surface area (Å²) in [5.41, 5.74) is 16.2. The molecule has 0 aromatic heterocycles. The molecule has 48 heavy (non-hydrogen) atoms. The molecule has 0 fully saturated rings. The fraction of sp³-hybridized carbons (Fsp3) is 0.167. The molecule has 0 heteroatoms. The van der Waals surface area contributed by atoms with Crippen molar-refractivity contribution in [3.8, 4) is 33.4 Å². The Morgan fingerprint density at radius 2 is 1.10 bits per heavy atom. The van der Waals surface area contributed by atoms with Gasteiger partial charge in [-0.05, 0) is 133 Å². The van der Waals surface area contributed by atoms with Gasteiger partial charge in [0.2, 0.25) is 0 Å². The van der Waals surface area contributed by atoms with Gasteiger partial charge >= 0.3 is 0 Å². The van der Waals surface area contributed by atoms with Crippen LogP contribution in [0.3, 0.4) is 0 Å². The molecule has 0 spiro atoms. The van der Waals surface area contributed by atoms with Gasteiger partial charge in [-0.3, -0.25) is 0 Å². The van der Waals surface area contributed by atoms with Crippen molar-refractivity contribution < 1.29 is 0 Å². The highest BCUT2D eigenvalue weighted by Gasteiger charge is 2.29. The second kappa shape index (κ2) is 12.4. The molecule has 6 aromatic carbocycles. The zero-order valence-electron chi connectivity index (χ0n) is 28.4. The van der Waals surface area contributed by atoms with Crippen molar-refractivity contribution in [1.29, 1.82) is 0 Å². The van der Waals surface area contributed by atoms with Crippen LogP contribution in [0, 0.1) is 26.7 Å². The lowest BCUT2D eigenvalue weighted by atomic mass is 9.72. The molecule has 1 unspecified atom stereocenters. The van der Waals surface area contributed by atoms with Gasteiger partial charge in [0.05, 0.1) is 0 Å². The molecule has 2 aliphatic rings. The minimum Gasteiger partial charge on any atom is -0.0763 e. The lowest BCUT2D eigenvalue weighted by Crippen LogP contribution is -2.40. The molecule has 0 bridgehead atoms. The first-order valence-electron chi connectivity index (χ1n) is 17.5. The predicted molar refractivity (Wildman–Crippen MR) is 205 cm³/mol. The first-order chi connectivity index (χ1) is 23.5. The second-order valence-electron chi connectivity index (χ2n) is 13.6. The van der Waals surface area contributed by atoms with E-state index >= 15 is 0 Å². The number of benzene rings is 6. The van der Waals surface area contributed by atoms with Crippen LogP contribution < -0.4 is 20.9 Å². The van der Waals surface area contributed by atoms with Crippen molar-refractivity contribution in [3.05, 3.63) is 176 Å². The van der Waals surface area contributed by atoms with Crippen molar-refractivity contribution in [2.45, 2.75) is 46.5 Å². The maximum atomic E-state index is 2.54. The van der Waals surface area contributed by atoms with Crippen molar-refractivity contribution in [2.24, 2.45) is 5.92 Å². The molecule has 2 aliphatic carbocycles. The van der Waals surface area contributed by atoms with E-state index in [1.807, 2.05) is 0 Å². The average Bonchev–Trinajstić information content (AvgIpc) is 3.13. The van der Waals surface area contributed by atoms with Crippen LogP contribution in [0.15, 0.2) is 127 Å². The largest absolute Gasteiger partial charge is 0.0763 e. The minimum absolute atomic E-state index is 0.257. The first-order valence-corrected chi connectivity index (χ1v) is 17.5. The Balaban J connectivity index is 1.37. The summed E-state index contributed by atoms with van der Waals surface area (Å²) in [6.07, 6.45) is 9.68. The first kappa shape index (κ1) is 30.2. The summed E-state index contributed by atoms with van der Waals surface area (Å²) in [5, 5.41) is 5.48. The van der Waals surface area contributed by atoms with Crippen LogP contribution in [0.2, 0.25) is 0 Å². The van der Waals surface area contributed by atoms with E-state index in [0.717, 1.165) is 12.8 Å². The van der Waals surface area contributed by atoms with Crippen molar-refractivity contribution in [1.82, 2.24) is 0 Å². The summed E-state index contributed by atoms with van der Waals surface area (Å²) < 4.78 is 0. The van der Waals surface area contributed by atoms with E-state index in [9.17, 15) is 0 Å². The summed E-state index contributed by atoms with van der Waals surface area (Å²) in [4.78, 5) is 0. The van der Waals surface area contributed by atoms with Gasteiger partial charge in [-0.15, -0.1) is 0 Å². The fourth-order valence-electron chi connectivity index (χ4n) is 8.48. The van der Waals surface area contributed by atoms with Gasteiger partial charge in [-0.25, -0.2) is 0 Å². The van der Waals surface area contributed by atoms with E-state index in [1.54, 1.807) is 0 Å². The molecule has 0 radical (unpaired) electrons. The van der Waals surface area contributed by atoms with Crippen LogP contribution >= 0.6 is 0 Å². The number of hydrogen-bond donors (Lipinski definition) is 0. The summed E-state index contributed by atoms with van der Waals surface area (Å²) in [7, 11) is 0. The Morgan fingerprint density at radius 3 is 1.83 bits per heavy atom. The monoisotopic (exact) mass is 618 g/mol. The van der Waals surface area contributed by atoms with Gasteiger partial charge in [0.1, 0.15) is 0 Å². The Labute approximate surface area is 284 Å². The normalized spacial score (nSPS) is 16.6. The third kappa shape index (κ3) is 5.08. The Hall–Kier alpha value is -5.20. The topological polar surface area (TPSA) is 0 Å². The standard InChI is InChI=1S/C48H42/c1-31-39(35-17-7-5-8-18-35)25-15-27-41(31)45-29-37-21-11-13-23-43(37)47(33(45)3)48-34(4)46(30-38-22-12-14-24-44(38)48)42-28-16-26-40(32(42)2)36-19-9-6-10-20-36/h5-11,13,15-30,33,45H,12,14H2,1-4H3/t33-,45?/m1/s1. The summed E-state index contributed by atoms with van der Waals surface area (Å²) >= 11 is 0. The number of hydrogen-bond acceptors (Lipinski definition) is 0. The molecule has 6 aromatic rings. The number of fused-ring (bicyclic) bond motifs is 2. The SMILES string of the molecule is Cc1c(-c2ccccc2)cccc1-c1cc2c(c(C3=c4ccccc4=CC(c4cccc(-c5ccccc5)c4C)[C@H]3C)c1C)=CCCC=2. The highest BCUT2D eigenvalue weighted by atomic mass is 14.3.